The van der Waals surface area contributed by atoms with Crippen molar-refractivity contribution in [3.8, 4) is 5.75 Å². The fourth-order valence-corrected chi connectivity index (χ4v) is 2.36. The molecule has 0 bridgehead atoms. The molecule has 0 aliphatic carbocycles. The van der Waals surface area contributed by atoms with Crippen molar-refractivity contribution in [2.45, 2.75) is 39.2 Å². The molecule has 1 fully saturated rings. The first-order chi connectivity index (χ1) is 9.28. The Kier molecular flexibility index (Phi) is 5.52. The second-order valence-corrected chi connectivity index (χ2v) is 5.46. The van der Waals surface area contributed by atoms with Crippen LogP contribution in [0, 0.1) is 5.92 Å². The maximum Gasteiger partial charge on any atom is 0.121 e. The van der Waals surface area contributed by atoms with E-state index < -0.39 is 0 Å². The van der Waals surface area contributed by atoms with Crippen LogP contribution in [0.1, 0.15) is 33.1 Å². The number of anilines is 1. The molecule has 1 aliphatic heterocycles. The fourth-order valence-electron chi connectivity index (χ4n) is 2.36. The molecule has 2 rings (SSSR count). The quantitative estimate of drug-likeness (QED) is 0.825. The van der Waals surface area contributed by atoms with E-state index in [2.05, 4.69) is 42.7 Å². The first-order valence-corrected chi connectivity index (χ1v) is 7.49. The summed E-state index contributed by atoms with van der Waals surface area (Å²) in [5.41, 5.74) is 1.16. The van der Waals surface area contributed by atoms with E-state index in [0.29, 0.717) is 0 Å². The molecule has 1 heterocycles. The number of benzene rings is 1. The summed E-state index contributed by atoms with van der Waals surface area (Å²) < 4.78 is 5.84. The van der Waals surface area contributed by atoms with Gasteiger partial charge in [0, 0.05) is 18.3 Å². The van der Waals surface area contributed by atoms with Gasteiger partial charge in [0.05, 0.1) is 6.10 Å². The molecule has 3 heteroatoms. The van der Waals surface area contributed by atoms with Crippen molar-refractivity contribution >= 4 is 5.69 Å². The summed E-state index contributed by atoms with van der Waals surface area (Å²) in [5, 5.41) is 6.98. The summed E-state index contributed by atoms with van der Waals surface area (Å²) in [6.07, 6.45) is 3.93. The van der Waals surface area contributed by atoms with Crippen LogP contribution in [0.3, 0.4) is 0 Å². The van der Waals surface area contributed by atoms with E-state index in [9.17, 15) is 0 Å². The zero-order valence-electron chi connectivity index (χ0n) is 12.1. The fraction of sp³-hybridized carbons (Fsp3) is 0.625. The number of ether oxygens (including phenoxy) is 1. The Labute approximate surface area is 116 Å². The Balaban J connectivity index is 1.84. The second kappa shape index (κ2) is 7.39. The SMILES string of the molecule is CCC(C)Oc1cccc(NCC2CCCNC2)c1. The number of nitrogens with one attached hydrogen (secondary N) is 2. The largest absolute Gasteiger partial charge is 0.491 e. The molecule has 0 aromatic heterocycles. The molecule has 1 aliphatic rings. The zero-order chi connectivity index (χ0) is 13.5. The van der Waals surface area contributed by atoms with Crippen LogP contribution in [-0.2, 0) is 0 Å². The summed E-state index contributed by atoms with van der Waals surface area (Å²) in [6.45, 7) is 7.60. The van der Waals surface area contributed by atoms with E-state index in [1.807, 2.05) is 6.07 Å². The topological polar surface area (TPSA) is 33.3 Å². The van der Waals surface area contributed by atoms with Gasteiger partial charge in [-0.3, -0.25) is 0 Å². The summed E-state index contributed by atoms with van der Waals surface area (Å²) in [7, 11) is 0. The molecular weight excluding hydrogens is 236 g/mol. The van der Waals surface area contributed by atoms with Gasteiger partial charge in [0.1, 0.15) is 5.75 Å². The molecule has 19 heavy (non-hydrogen) atoms. The van der Waals surface area contributed by atoms with Gasteiger partial charge >= 0.3 is 0 Å². The molecule has 1 aromatic rings. The average Bonchev–Trinajstić information content (AvgIpc) is 2.46. The lowest BCUT2D eigenvalue weighted by Gasteiger charge is -2.23. The smallest absolute Gasteiger partial charge is 0.121 e. The van der Waals surface area contributed by atoms with Crippen molar-refractivity contribution < 1.29 is 4.74 Å². The summed E-state index contributed by atoms with van der Waals surface area (Å²) in [6, 6.07) is 8.29. The highest BCUT2D eigenvalue weighted by Crippen LogP contribution is 2.20. The lowest BCUT2D eigenvalue weighted by Crippen LogP contribution is -2.33. The van der Waals surface area contributed by atoms with E-state index in [0.717, 1.165) is 36.9 Å². The van der Waals surface area contributed by atoms with Crippen LogP contribution < -0.4 is 15.4 Å². The predicted molar refractivity (Wildman–Crippen MR) is 80.9 cm³/mol. The molecular formula is C16H26N2O. The zero-order valence-corrected chi connectivity index (χ0v) is 12.1. The third kappa shape index (κ3) is 4.75. The first kappa shape index (κ1) is 14.2. The van der Waals surface area contributed by atoms with Crippen LogP contribution in [0.2, 0.25) is 0 Å². The molecule has 0 amide bonds. The maximum absolute atomic E-state index is 5.84. The Bertz CT molecular complexity index is 375. The monoisotopic (exact) mass is 262 g/mol. The minimum absolute atomic E-state index is 0.276. The van der Waals surface area contributed by atoms with Crippen molar-refractivity contribution in [2.24, 2.45) is 5.92 Å². The van der Waals surface area contributed by atoms with E-state index in [4.69, 9.17) is 4.74 Å². The standard InChI is InChI=1S/C16H26N2O/c1-3-13(2)19-16-8-4-7-15(10-16)18-12-14-6-5-9-17-11-14/h4,7-8,10,13-14,17-18H,3,5-6,9,11-12H2,1-2H3. The first-order valence-electron chi connectivity index (χ1n) is 7.49. The Hall–Kier alpha value is -1.22. The van der Waals surface area contributed by atoms with Gasteiger partial charge in [-0.1, -0.05) is 13.0 Å². The number of piperidine rings is 1. The number of hydrogen-bond donors (Lipinski definition) is 2. The summed E-state index contributed by atoms with van der Waals surface area (Å²) in [4.78, 5) is 0. The molecule has 2 N–H and O–H groups in total. The second-order valence-electron chi connectivity index (χ2n) is 5.46. The summed E-state index contributed by atoms with van der Waals surface area (Å²) >= 11 is 0. The van der Waals surface area contributed by atoms with Gasteiger partial charge in [0.15, 0.2) is 0 Å². The molecule has 3 nitrogen and oxygen atoms in total. The number of rotatable bonds is 6. The van der Waals surface area contributed by atoms with E-state index in [1.165, 1.54) is 19.4 Å². The Morgan fingerprint density at radius 1 is 1.47 bits per heavy atom. The highest BCUT2D eigenvalue weighted by Gasteiger charge is 2.12. The number of hydrogen-bond acceptors (Lipinski definition) is 3. The lowest BCUT2D eigenvalue weighted by atomic mass is 10.00. The molecule has 0 radical (unpaired) electrons. The van der Waals surface area contributed by atoms with Crippen molar-refractivity contribution in [2.75, 3.05) is 25.0 Å². The van der Waals surface area contributed by atoms with Crippen molar-refractivity contribution in [1.29, 1.82) is 0 Å². The lowest BCUT2D eigenvalue weighted by molar-refractivity contribution is 0.217. The highest BCUT2D eigenvalue weighted by atomic mass is 16.5. The van der Waals surface area contributed by atoms with Crippen LogP contribution in [0.25, 0.3) is 0 Å². The highest BCUT2D eigenvalue weighted by molar-refractivity contribution is 5.48. The van der Waals surface area contributed by atoms with Gasteiger partial charge in [0.2, 0.25) is 0 Å². The average molecular weight is 262 g/mol. The maximum atomic E-state index is 5.84. The van der Waals surface area contributed by atoms with Gasteiger partial charge in [-0.25, -0.2) is 0 Å². The van der Waals surface area contributed by atoms with Gasteiger partial charge in [-0.15, -0.1) is 0 Å². The van der Waals surface area contributed by atoms with E-state index in [1.54, 1.807) is 0 Å². The minimum Gasteiger partial charge on any atom is -0.491 e. The van der Waals surface area contributed by atoms with Gasteiger partial charge in [-0.05, 0) is 57.3 Å². The molecule has 106 valence electrons. The van der Waals surface area contributed by atoms with Crippen LogP contribution in [0.5, 0.6) is 5.75 Å². The third-order valence-corrected chi connectivity index (χ3v) is 3.74. The predicted octanol–water partition coefficient (Wildman–Crippen LogP) is 3.28. The van der Waals surface area contributed by atoms with E-state index >= 15 is 0 Å². The third-order valence-electron chi connectivity index (χ3n) is 3.74. The van der Waals surface area contributed by atoms with Crippen LogP contribution in [-0.4, -0.2) is 25.7 Å². The van der Waals surface area contributed by atoms with Crippen LogP contribution in [0.15, 0.2) is 24.3 Å². The van der Waals surface area contributed by atoms with Crippen molar-refractivity contribution in [3.05, 3.63) is 24.3 Å². The molecule has 0 saturated carbocycles. The van der Waals surface area contributed by atoms with Crippen molar-refractivity contribution in [3.63, 3.8) is 0 Å². The molecule has 1 saturated heterocycles. The van der Waals surface area contributed by atoms with E-state index in [-0.39, 0.29) is 6.10 Å². The minimum atomic E-state index is 0.276. The summed E-state index contributed by atoms with van der Waals surface area (Å²) in [5.74, 6) is 1.70. The molecule has 2 unspecified atom stereocenters. The van der Waals surface area contributed by atoms with Gasteiger partial charge < -0.3 is 15.4 Å². The molecule has 2 atom stereocenters. The van der Waals surface area contributed by atoms with Crippen molar-refractivity contribution in [1.82, 2.24) is 5.32 Å². The van der Waals surface area contributed by atoms with Gasteiger partial charge in [-0.2, -0.15) is 0 Å². The Morgan fingerprint density at radius 2 is 2.37 bits per heavy atom. The molecule has 0 spiro atoms. The Morgan fingerprint density at radius 3 is 3.11 bits per heavy atom. The normalized spacial score (nSPS) is 20.8. The molecule has 1 aromatic carbocycles. The van der Waals surface area contributed by atoms with Gasteiger partial charge in [0.25, 0.3) is 0 Å². The van der Waals surface area contributed by atoms with Crippen LogP contribution in [0.4, 0.5) is 5.69 Å². The van der Waals surface area contributed by atoms with Crippen LogP contribution >= 0.6 is 0 Å².